The van der Waals surface area contributed by atoms with E-state index in [1.165, 1.54) is 141 Å². The van der Waals surface area contributed by atoms with Crippen LogP contribution in [0.15, 0.2) is 12.2 Å². The molecule has 0 aromatic rings. The molecule has 12 unspecified atom stereocenters. The van der Waals surface area contributed by atoms with Crippen LogP contribution < -0.4 is 21.3 Å². The number of allylic oxidation sites excluding steroid dienone is 1. The van der Waals surface area contributed by atoms with E-state index in [0.29, 0.717) is 12.8 Å². The Morgan fingerprint density at radius 2 is 0.782 bits per heavy atom. The van der Waals surface area contributed by atoms with E-state index in [9.17, 15) is 136 Å². The Morgan fingerprint density at radius 3 is 1.22 bits per heavy atom. The van der Waals surface area contributed by atoms with Crippen LogP contribution >= 0.6 is 0 Å². The predicted molar refractivity (Wildman–Crippen MR) is 467 cm³/mol. The Bertz CT molecular complexity index is 3310. The lowest BCUT2D eigenvalue weighted by atomic mass is 9.87. The summed E-state index contributed by atoms with van der Waals surface area (Å²) < 4.78 is 70.9. The van der Waals surface area contributed by atoms with Crippen molar-refractivity contribution in [1.82, 2.24) is 21.3 Å². The average Bonchev–Trinajstić information content (AvgIpc) is 0.744. The van der Waals surface area contributed by atoms with Crippen molar-refractivity contribution in [3.05, 3.63) is 12.2 Å². The van der Waals surface area contributed by atoms with Crippen molar-refractivity contribution in [1.29, 1.82) is 0 Å². The standard InChI is InChI=1S/C90H160N4O39/c1-6-8-10-12-14-16-18-20-21-22-23-24-25-26-27-29-31-33-35-37-39-41-64(108)94-54(55(104)40-38-36-34-32-30-28-19-17-15-13-11-9-7-2)50-122-84-74(115)73(114)77(63(49-100)126-84)127-85-75(116)81(70(111)60(46-97)124-85)129-83-67(93-53(5)103)78(69(110)59(45-96)123-83)128-86-76(117)82(71(112)61(47-98)125-86)133-90(88(120)121)43-57(106)66(92-52(4)102)80(132-90)72(113)62(48-99)130-89(87(118)119)42-56(105)65(91-51(3)101)79(131-89)68(109)58(107)44-95/h38,40,54-63,65-86,95-100,104-107,109-117H,6-37,39,41-50H2,1-5H3,(H,91,101)(H,92,102)(H,93,103)(H,94,108)(H,118,119)(H,120,121)/b40-38+/t54-,55+,56?,57?,58+,59?,60?,61?,62+,63?,65+,66+,67?,68+,69+,70-,71-,72+,73+,74?,75?,76?,77+,78+,79?,80?,81-,82-,83-,84+,85-,86-,89+,90-/m0/s1. The minimum absolute atomic E-state index is 0.140. The van der Waals surface area contributed by atoms with E-state index in [0.717, 1.165) is 78.6 Å². The highest BCUT2D eigenvalue weighted by molar-refractivity contribution is 5.78. The normalized spacial score (nSPS) is 34.1. The van der Waals surface area contributed by atoms with Crippen LogP contribution in [0.1, 0.15) is 266 Å². The first-order valence-corrected chi connectivity index (χ1v) is 48.2. The van der Waals surface area contributed by atoms with Gasteiger partial charge in [0.05, 0.1) is 82.7 Å². The topological polar surface area (TPSA) is 686 Å². The molecule has 0 radical (unpaired) electrons. The molecule has 25 N–H and O–H groups in total. The van der Waals surface area contributed by atoms with Crippen molar-refractivity contribution in [3.8, 4) is 0 Å². The van der Waals surface area contributed by atoms with Gasteiger partial charge in [-0.25, -0.2) is 9.59 Å². The molecule has 43 heteroatoms. The van der Waals surface area contributed by atoms with Gasteiger partial charge >= 0.3 is 11.9 Å². The van der Waals surface area contributed by atoms with E-state index in [2.05, 4.69) is 35.1 Å². The molecule has 6 saturated heterocycles. The van der Waals surface area contributed by atoms with Crippen LogP contribution in [0, 0.1) is 0 Å². The lowest BCUT2D eigenvalue weighted by molar-refractivity contribution is -0.390. The van der Waals surface area contributed by atoms with Crippen molar-refractivity contribution in [3.63, 3.8) is 0 Å². The minimum Gasteiger partial charge on any atom is -0.477 e. The Hall–Kier alpha value is -4.68. The monoisotopic (exact) mass is 1920 g/mol. The van der Waals surface area contributed by atoms with Gasteiger partial charge in [0.25, 0.3) is 11.6 Å². The number of hydrogen-bond acceptors (Lipinski definition) is 37. The largest absolute Gasteiger partial charge is 0.477 e. The molecule has 34 atom stereocenters. The maximum absolute atomic E-state index is 13.8. The molecule has 0 aromatic carbocycles. The Labute approximate surface area is 778 Å². The first-order valence-electron chi connectivity index (χ1n) is 48.2. The zero-order valence-electron chi connectivity index (χ0n) is 77.8. The summed E-state index contributed by atoms with van der Waals surface area (Å²) >= 11 is 0. The molecule has 0 aromatic heterocycles. The summed E-state index contributed by atoms with van der Waals surface area (Å²) in [7, 11) is 0. The van der Waals surface area contributed by atoms with Gasteiger partial charge in [0.2, 0.25) is 23.6 Å². The third kappa shape index (κ3) is 35.8. The van der Waals surface area contributed by atoms with Crippen LogP contribution in [0.2, 0.25) is 0 Å². The summed E-state index contributed by atoms with van der Waals surface area (Å²) in [6.45, 7) is -0.553. The number of nitrogens with one attached hydrogen (secondary N) is 4. The van der Waals surface area contributed by atoms with Crippen LogP contribution in [0.5, 0.6) is 0 Å². The number of amides is 4. The van der Waals surface area contributed by atoms with Crippen LogP contribution in [0.25, 0.3) is 0 Å². The van der Waals surface area contributed by atoms with E-state index < -0.39 is 296 Å². The lowest BCUT2D eigenvalue weighted by Crippen LogP contribution is -2.72. The van der Waals surface area contributed by atoms with Gasteiger partial charge in [0.1, 0.15) is 134 Å². The van der Waals surface area contributed by atoms with Crippen LogP contribution in [-0.4, -0.2) is 396 Å². The second kappa shape index (κ2) is 61.1. The number of rotatable bonds is 65. The predicted octanol–water partition coefficient (Wildman–Crippen LogP) is -1.53. The zero-order valence-corrected chi connectivity index (χ0v) is 77.8. The van der Waals surface area contributed by atoms with Gasteiger partial charge in [-0.3, -0.25) is 19.2 Å². The summed E-state index contributed by atoms with van der Waals surface area (Å²) in [6.07, 6.45) is -21.3. The third-order valence-electron chi connectivity index (χ3n) is 25.6. The number of carboxylic acids is 2. The van der Waals surface area contributed by atoms with Crippen molar-refractivity contribution >= 4 is 35.6 Å². The number of aliphatic carboxylic acids is 2. The highest BCUT2D eigenvalue weighted by Gasteiger charge is 2.64. The molecular formula is C90H160N4O39. The lowest BCUT2D eigenvalue weighted by Gasteiger charge is -2.52. The first-order chi connectivity index (χ1) is 63.6. The molecule has 0 bridgehead atoms. The fraction of sp³-hybridized carbons (Fsp3) is 0.911. The van der Waals surface area contributed by atoms with E-state index in [4.69, 9.17) is 56.8 Å². The number of carboxylic acid groups (broad SMARTS) is 2. The van der Waals surface area contributed by atoms with Crippen molar-refractivity contribution in [2.24, 2.45) is 0 Å². The van der Waals surface area contributed by atoms with Gasteiger partial charge in [-0.2, -0.15) is 0 Å². The van der Waals surface area contributed by atoms with Crippen molar-refractivity contribution in [2.45, 2.75) is 473 Å². The quantitative estimate of drug-likeness (QED) is 0.0243. The highest BCUT2D eigenvalue weighted by atomic mass is 16.8. The number of aliphatic hydroxyl groups is 19. The van der Waals surface area contributed by atoms with Crippen LogP contribution in [-0.2, 0) is 85.6 Å². The van der Waals surface area contributed by atoms with Gasteiger partial charge in [-0.1, -0.05) is 219 Å². The second-order valence-electron chi connectivity index (χ2n) is 36.4. The molecule has 0 spiro atoms. The van der Waals surface area contributed by atoms with Crippen LogP contribution in [0.4, 0.5) is 0 Å². The summed E-state index contributed by atoms with van der Waals surface area (Å²) in [4.78, 5) is 79.0. The summed E-state index contributed by atoms with van der Waals surface area (Å²) in [5, 5.41) is 247. The van der Waals surface area contributed by atoms with E-state index in [-0.39, 0.29) is 12.3 Å². The molecule has 6 rings (SSSR count). The van der Waals surface area contributed by atoms with E-state index in [1.54, 1.807) is 6.08 Å². The zero-order chi connectivity index (χ0) is 98.1. The maximum Gasteiger partial charge on any atom is 0.364 e. The molecule has 4 amide bonds. The molecule has 6 aliphatic rings. The Balaban J connectivity index is 1.15. The molecule has 133 heavy (non-hydrogen) atoms. The number of hydrogen-bond donors (Lipinski definition) is 25. The van der Waals surface area contributed by atoms with Gasteiger partial charge in [0, 0.05) is 40.0 Å². The van der Waals surface area contributed by atoms with Crippen LogP contribution in [0.3, 0.4) is 0 Å². The fourth-order valence-electron chi connectivity index (χ4n) is 18.0. The molecular weight excluding hydrogens is 1760 g/mol. The van der Waals surface area contributed by atoms with Gasteiger partial charge in [-0.05, 0) is 19.3 Å². The van der Waals surface area contributed by atoms with E-state index in [1.807, 2.05) is 6.08 Å². The molecule has 0 saturated carbocycles. The molecule has 6 heterocycles. The Morgan fingerprint density at radius 1 is 0.406 bits per heavy atom. The Kier molecular flexibility index (Phi) is 53.8. The second-order valence-corrected chi connectivity index (χ2v) is 36.4. The number of unbranched alkanes of at least 4 members (excludes halogenated alkanes) is 31. The number of aliphatic hydroxyl groups excluding tert-OH is 19. The highest BCUT2D eigenvalue weighted by Crippen LogP contribution is 2.43. The van der Waals surface area contributed by atoms with Gasteiger partial charge in [0.15, 0.2) is 25.2 Å². The molecule has 774 valence electrons. The van der Waals surface area contributed by atoms with Gasteiger partial charge < -0.3 is 185 Å². The summed E-state index contributed by atoms with van der Waals surface area (Å²) in [6, 6.07) is -6.91. The number of ether oxygens (including phenoxy) is 12. The third-order valence-corrected chi connectivity index (χ3v) is 25.6. The summed E-state index contributed by atoms with van der Waals surface area (Å²) in [5.41, 5.74) is 0. The summed E-state index contributed by atoms with van der Waals surface area (Å²) in [5.74, 6) is -14.6. The number of carbonyl (C=O) groups is 6. The molecule has 43 nitrogen and oxygen atoms in total. The maximum atomic E-state index is 13.8. The van der Waals surface area contributed by atoms with Gasteiger partial charge in [-0.15, -0.1) is 0 Å². The molecule has 6 fully saturated rings. The first kappa shape index (κ1) is 117. The van der Waals surface area contributed by atoms with Crippen molar-refractivity contribution < 1.29 is 193 Å². The molecule has 0 aliphatic carbocycles. The smallest absolute Gasteiger partial charge is 0.364 e. The number of carbonyl (C=O) groups excluding carboxylic acids is 4. The fourth-order valence-corrected chi connectivity index (χ4v) is 18.0. The molecule has 6 aliphatic heterocycles. The van der Waals surface area contributed by atoms with E-state index >= 15 is 0 Å². The van der Waals surface area contributed by atoms with Crippen molar-refractivity contribution in [2.75, 3.05) is 46.2 Å². The average molecular weight is 1920 g/mol. The minimum atomic E-state index is -3.53. The SMILES string of the molecule is CCCCCCCCCCCCC/C=C/[C@@H](O)[C@H](CO[C@@H]1OC(CO)[C@@H](O[C@@H]2OC(CO)[C@H](O)[C@H](O[C@@H]3OC(CO)[C@@H](O)[C@H](O[C@@H]4OC(CO)[C@H](O)[C@H](O[C@]5(C(=O)O)CC(O)[C@@H](NC(C)=O)C([C@H](O)[C@@H](CO)O[C@]6(C(=O)O)CC(O)[C@@H](NC(C)=O)C([C@H](O)[C@H](O)CO)O6)O5)C4O)C3NC(C)=O)C2O)[C@H](O)C1O)NC(=O)CCCCCCCCCCCCCCCCCCCCCCC.